The van der Waals surface area contributed by atoms with E-state index in [0.717, 1.165) is 12.1 Å². The Kier molecular flexibility index (Phi) is 8.21. The topological polar surface area (TPSA) is 130 Å². The molecule has 5 N–H and O–H groups in total. The molecule has 0 aliphatic heterocycles. The van der Waals surface area contributed by atoms with Gasteiger partial charge in [-0.2, -0.15) is 0 Å². The lowest BCUT2D eigenvalue weighted by Gasteiger charge is -2.25. The third-order valence-electron chi connectivity index (χ3n) is 4.12. The first-order chi connectivity index (χ1) is 12.7. The summed E-state index contributed by atoms with van der Waals surface area (Å²) in [7, 11) is 0. The SMILES string of the molecule is C[C@@H](CC(c1ccc(O)c(O)c1)[C@H](N)C(=O)O)OC(=O)c1ccc(F)cc1.Cl. The van der Waals surface area contributed by atoms with Crippen LogP contribution in [0.3, 0.4) is 0 Å². The van der Waals surface area contributed by atoms with Gasteiger partial charge in [0.15, 0.2) is 11.5 Å². The number of carboxylic acid groups (broad SMARTS) is 1. The molecule has 1 unspecified atom stereocenters. The summed E-state index contributed by atoms with van der Waals surface area (Å²) >= 11 is 0. The minimum atomic E-state index is -1.32. The quantitative estimate of drug-likeness (QED) is 0.405. The number of phenols is 2. The van der Waals surface area contributed by atoms with E-state index in [1.165, 1.54) is 30.3 Å². The van der Waals surface area contributed by atoms with E-state index in [1.807, 2.05) is 0 Å². The maximum Gasteiger partial charge on any atom is 0.338 e. The van der Waals surface area contributed by atoms with Crippen molar-refractivity contribution in [2.45, 2.75) is 31.4 Å². The number of phenolic OH excluding ortho intramolecular Hbond substituents is 2. The van der Waals surface area contributed by atoms with E-state index in [4.69, 9.17) is 10.5 Å². The van der Waals surface area contributed by atoms with Gasteiger partial charge in [0.05, 0.1) is 5.56 Å². The van der Waals surface area contributed by atoms with Crippen LogP contribution in [0.4, 0.5) is 4.39 Å². The summed E-state index contributed by atoms with van der Waals surface area (Å²) in [6, 6.07) is 7.38. The Labute approximate surface area is 167 Å². The highest BCUT2D eigenvalue weighted by atomic mass is 35.5. The van der Waals surface area contributed by atoms with Crippen molar-refractivity contribution in [2.75, 3.05) is 0 Å². The minimum Gasteiger partial charge on any atom is -0.504 e. The number of ether oxygens (including phenoxy) is 1. The summed E-state index contributed by atoms with van der Waals surface area (Å²) in [4.78, 5) is 23.5. The van der Waals surface area contributed by atoms with Crippen molar-refractivity contribution in [1.29, 1.82) is 0 Å². The van der Waals surface area contributed by atoms with Crippen molar-refractivity contribution >= 4 is 24.3 Å². The van der Waals surface area contributed by atoms with Crippen LogP contribution < -0.4 is 5.73 Å². The maximum absolute atomic E-state index is 12.9. The molecule has 2 aromatic rings. The predicted octanol–water partition coefficient (Wildman–Crippen LogP) is 2.79. The third kappa shape index (κ3) is 5.83. The molecule has 2 rings (SSSR count). The van der Waals surface area contributed by atoms with E-state index in [9.17, 15) is 29.3 Å². The number of hydrogen-bond acceptors (Lipinski definition) is 6. The van der Waals surface area contributed by atoms with Gasteiger partial charge in [-0.3, -0.25) is 4.79 Å². The van der Waals surface area contributed by atoms with Gasteiger partial charge in [0.25, 0.3) is 0 Å². The van der Waals surface area contributed by atoms with E-state index in [2.05, 4.69) is 0 Å². The van der Waals surface area contributed by atoms with Crippen molar-refractivity contribution in [2.24, 2.45) is 5.73 Å². The van der Waals surface area contributed by atoms with Crippen LogP contribution in [-0.2, 0) is 9.53 Å². The Morgan fingerprint density at radius 2 is 1.71 bits per heavy atom. The summed E-state index contributed by atoms with van der Waals surface area (Å²) in [5, 5.41) is 28.3. The second-order valence-electron chi connectivity index (χ2n) is 6.18. The number of carbonyl (C=O) groups is 2. The number of carboxylic acids is 1. The molecule has 152 valence electrons. The summed E-state index contributed by atoms with van der Waals surface area (Å²) in [6.45, 7) is 1.57. The zero-order valence-corrected chi connectivity index (χ0v) is 15.7. The molecule has 0 amide bonds. The molecule has 0 spiro atoms. The molecule has 2 aromatic carbocycles. The lowest BCUT2D eigenvalue weighted by molar-refractivity contribution is -0.139. The standard InChI is InChI=1S/C19H20FNO6.ClH/c1-10(27-19(26)11-2-5-13(20)6-3-11)8-14(17(21)18(24)25)12-4-7-15(22)16(23)9-12;/h2-7,9-10,14,17,22-23H,8,21H2,1H3,(H,24,25);1H/t10-,14?,17-;/m0./s1. The Hall–Kier alpha value is -2.84. The first kappa shape index (κ1) is 23.2. The van der Waals surface area contributed by atoms with Crippen LogP contribution in [0.1, 0.15) is 35.2 Å². The van der Waals surface area contributed by atoms with Gasteiger partial charge < -0.3 is 25.8 Å². The number of aliphatic carboxylic acids is 1. The number of aromatic hydroxyl groups is 2. The van der Waals surface area contributed by atoms with E-state index in [-0.39, 0.29) is 30.1 Å². The Morgan fingerprint density at radius 1 is 1.11 bits per heavy atom. The number of nitrogens with two attached hydrogens (primary N) is 1. The lowest BCUT2D eigenvalue weighted by atomic mass is 9.87. The molecule has 0 saturated heterocycles. The molecule has 0 bridgehead atoms. The monoisotopic (exact) mass is 413 g/mol. The fraction of sp³-hybridized carbons (Fsp3) is 0.263. The number of hydrogen-bond donors (Lipinski definition) is 4. The molecule has 0 fully saturated rings. The highest BCUT2D eigenvalue weighted by molar-refractivity contribution is 5.89. The second-order valence-corrected chi connectivity index (χ2v) is 6.18. The van der Waals surface area contributed by atoms with Crippen LogP contribution in [-0.4, -0.2) is 39.4 Å². The Balaban J connectivity index is 0.00000392. The smallest absolute Gasteiger partial charge is 0.338 e. The molecule has 9 heteroatoms. The molecule has 28 heavy (non-hydrogen) atoms. The van der Waals surface area contributed by atoms with Crippen LogP contribution >= 0.6 is 12.4 Å². The largest absolute Gasteiger partial charge is 0.504 e. The Bertz CT molecular complexity index is 830. The predicted molar refractivity (Wildman–Crippen MR) is 101 cm³/mol. The first-order valence-corrected chi connectivity index (χ1v) is 8.16. The van der Waals surface area contributed by atoms with Gasteiger partial charge in [-0.05, 0) is 55.3 Å². The van der Waals surface area contributed by atoms with E-state index >= 15 is 0 Å². The fourth-order valence-electron chi connectivity index (χ4n) is 2.68. The van der Waals surface area contributed by atoms with Crippen LogP contribution in [0.5, 0.6) is 11.5 Å². The highest BCUT2D eigenvalue weighted by Crippen LogP contribution is 2.32. The van der Waals surface area contributed by atoms with Crippen molar-refractivity contribution in [3.8, 4) is 11.5 Å². The van der Waals surface area contributed by atoms with Gasteiger partial charge in [-0.1, -0.05) is 6.07 Å². The highest BCUT2D eigenvalue weighted by Gasteiger charge is 2.29. The van der Waals surface area contributed by atoms with Gasteiger partial charge in [-0.25, -0.2) is 9.18 Å². The van der Waals surface area contributed by atoms with Gasteiger partial charge in [0, 0.05) is 5.92 Å². The molecular weight excluding hydrogens is 393 g/mol. The molecular formula is C19H21ClFNO6. The second kappa shape index (κ2) is 9.91. The molecule has 0 saturated carbocycles. The summed E-state index contributed by atoms with van der Waals surface area (Å²) in [5.74, 6) is -3.98. The minimum absolute atomic E-state index is 0. The summed E-state index contributed by atoms with van der Waals surface area (Å²) in [5.41, 5.74) is 6.30. The van der Waals surface area contributed by atoms with Crippen LogP contribution in [0, 0.1) is 5.82 Å². The van der Waals surface area contributed by atoms with Crippen molar-refractivity contribution in [3.63, 3.8) is 0 Å². The normalized spacial score (nSPS) is 13.7. The summed E-state index contributed by atoms with van der Waals surface area (Å²) < 4.78 is 18.2. The van der Waals surface area contributed by atoms with E-state index in [1.54, 1.807) is 6.92 Å². The third-order valence-corrected chi connectivity index (χ3v) is 4.12. The molecule has 0 aliphatic rings. The number of rotatable bonds is 7. The van der Waals surface area contributed by atoms with Gasteiger partial charge in [0.1, 0.15) is 18.0 Å². The number of benzene rings is 2. The average molecular weight is 414 g/mol. The van der Waals surface area contributed by atoms with Crippen LogP contribution in [0.2, 0.25) is 0 Å². The van der Waals surface area contributed by atoms with E-state index < -0.39 is 41.6 Å². The molecule has 0 aliphatic carbocycles. The Morgan fingerprint density at radius 3 is 2.25 bits per heavy atom. The molecule has 3 atom stereocenters. The number of halogens is 2. The maximum atomic E-state index is 12.9. The van der Waals surface area contributed by atoms with Gasteiger partial charge >= 0.3 is 11.9 Å². The number of esters is 1. The molecule has 0 aromatic heterocycles. The summed E-state index contributed by atoms with van der Waals surface area (Å²) in [6.07, 6.45) is -0.654. The van der Waals surface area contributed by atoms with Crippen LogP contribution in [0.15, 0.2) is 42.5 Å². The van der Waals surface area contributed by atoms with Crippen molar-refractivity contribution in [1.82, 2.24) is 0 Å². The van der Waals surface area contributed by atoms with Crippen LogP contribution in [0.25, 0.3) is 0 Å². The van der Waals surface area contributed by atoms with Gasteiger partial charge in [-0.15, -0.1) is 12.4 Å². The van der Waals surface area contributed by atoms with E-state index in [0.29, 0.717) is 5.56 Å². The zero-order valence-electron chi connectivity index (χ0n) is 14.9. The van der Waals surface area contributed by atoms with Crippen molar-refractivity contribution < 1.29 is 34.0 Å². The molecule has 0 radical (unpaired) electrons. The number of carbonyl (C=O) groups excluding carboxylic acids is 1. The van der Waals surface area contributed by atoms with Gasteiger partial charge in [0.2, 0.25) is 0 Å². The first-order valence-electron chi connectivity index (χ1n) is 8.16. The molecule has 0 heterocycles. The fourth-order valence-corrected chi connectivity index (χ4v) is 2.68. The average Bonchev–Trinajstić information content (AvgIpc) is 2.62. The van der Waals surface area contributed by atoms with Crippen molar-refractivity contribution in [3.05, 3.63) is 59.4 Å². The lowest BCUT2D eigenvalue weighted by Crippen LogP contribution is -2.38. The zero-order chi connectivity index (χ0) is 20.1. The molecule has 7 nitrogen and oxygen atoms in total.